The third-order valence-corrected chi connectivity index (χ3v) is 4.72. The predicted octanol–water partition coefficient (Wildman–Crippen LogP) is 3.44. The summed E-state index contributed by atoms with van der Waals surface area (Å²) in [6.45, 7) is 0.694. The van der Waals surface area contributed by atoms with Crippen molar-refractivity contribution in [2.45, 2.75) is 38.1 Å². The number of fused-ring (bicyclic) bond motifs is 1. The first kappa shape index (κ1) is 17.8. The van der Waals surface area contributed by atoms with Gasteiger partial charge in [0.05, 0.1) is 0 Å². The molecule has 0 spiro atoms. The largest absolute Gasteiger partial charge is 0.356 e. The van der Waals surface area contributed by atoms with Crippen molar-refractivity contribution in [1.82, 2.24) is 5.32 Å². The molecular formula is C19H25ClN2O. The van der Waals surface area contributed by atoms with Gasteiger partial charge in [-0.05, 0) is 41.5 Å². The number of carbonyl (C=O) groups is 1. The second-order valence-corrected chi connectivity index (χ2v) is 6.34. The maximum atomic E-state index is 12.0. The molecular weight excluding hydrogens is 308 g/mol. The molecule has 0 heterocycles. The Balaban J connectivity index is 0.00000192. The molecule has 23 heavy (non-hydrogen) atoms. The highest BCUT2D eigenvalue weighted by atomic mass is 35.5. The summed E-state index contributed by atoms with van der Waals surface area (Å²) in [7, 11) is 0. The fourth-order valence-corrected chi connectivity index (χ4v) is 3.37. The molecule has 0 radical (unpaired) electrons. The van der Waals surface area contributed by atoms with Crippen LogP contribution in [0.5, 0.6) is 0 Å². The number of halogens is 1. The number of benzene rings is 2. The summed E-state index contributed by atoms with van der Waals surface area (Å²) >= 11 is 0. The quantitative estimate of drug-likeness (QED) is 0.881. The molecule has 1 amide bonds. The molecule has 1 aliphatic carbocycles. The third-order valence-electron chi connectivity index (χ3n) is 4.72. The standard InChI is InChI=1S/C19H24N2O.ClH/c20-18-7-3-6-17(18)13-19(22)21-11-10-14-8-9-15-4-1-2-5-16(15)12-14;/h1-2,4-5,8-9,12,17-18H,3,6-7,10-11,13,20H2,(H,21,22);1H/t17-,18+;/m0./s1. The molecule has 0 aliphatic heterocycles. The van der Waals surface area contributed by atoms with E-state index in [9.17, 15) is 4.79 Å². The van der Waals surface area contributed by atoms with Gasteiger partial charge in [-0.1, -0.05) is 48.9 Å². The molecule has 0 unspecified atom stereocenters. The number of nitrogens with two attached hydrogens (primary N) is 1. The zero-order valence-electron chi connectivity index (χ0n) is 13.3. The van der Waals surface area contributed by atoms with Gasteiger partial charge in [0, 0.05) is 19.0 Å². The van der Waals surface area contributed by atoms with Crippen LogP contribution >= 0.6 is 12.4 Å². The van der Waals surface area contributed by atoms with E-state index >= 15 is 0 Å². The molecule has 3 N–H and O–H groups in total. The Morgan fingerprint density at radius 3 is 2.65 bits per heavy atom. The highest BCUT2D eigenvalue weighted by Gasteiger charge is 2.25. The van der Waals surface area contributed by atoms with Crippen LogP contribution < -0.4 is 11.1 Å². The highest BCUT2D eigenvalue weighted by Crippen LogP contribution is 2.26. The molecule has 0 aromatic heterocycles. The Kier molecular flexibility index (Phi) is 6.43. The normalized spacial score (nSPS) is 20.2. The summed E-state index contributed by atoms with van der Waals surface area (Å²) in [6, 6.07) is 15.0. The van der Waals surface area contributed by atoms with Crippen molar-refractivity contribution in [2.75, 3.05) is 6.54 Å². The van der Waals surface area contributed by atoms with Crippen molar-refractivity contribution in [3.63, 3.8) is 0 Å². The minimum absolute atomic E-state index is 0. The van der Waals surface area contributed by atoms with Crippen LogP contribution in [0, 0.1) is 5.92 Å². The molecule has 2 atom stereocenters. The average molecular weight is 333 g/mol. The lowest BCUT2D eigenvalue weighted by Gasteiger charge is -2.14. The number of amides is 1. The van der Waals surface area contributed by atoms with Crippen LogP contribution in [0.25, 0.3) is 10.8 Å². The van der Waals surface area contributed by atoms with Crippen LogP contribution in [0.3, 0.4) is 0 Å². The lowest BCUT2D eigenvalue weighted by Crippen LogP contribution is -2.32. The van der Waals surface area contributed by atoms with Crippen LogP contribution in [-0.4, -0.2) is 18.5 Å². The summed E-state index contributed by atoms with van der Waals surface area (Å²) in [6.07, 6.45) is 4.77. The van der Waals surface area contributed by atoms with Crippen LogP contribution in [0.4, 0.5) is 0 Å². The van der Waals surface area contributed by atoms with Gasteiger partial charge in [-0.3, -0.25) is 4.79 Å². The van der Waals surface area contributed by atoms with Gasteiger partial charge < -0.3 is 11.1 Å². The third kappa shape index (κ3) is 4.69. The average Bonchev–Trinajstić information content (AvgIpc) is 2.92. The van der Waals surface area contributed by atoms with E-state index in [1.807, 2.05) is 0 Å². The summed E-state index contributed by atoms with van der Waals surface area (Å²) in [5.41, 5.74) is 7.28. The predicted molar refractivity (Wildman–Crippen MR) is 97.8 cm³/mol. The second kappa shape index (κ2) is 8.32. The number of nitrogens with one attached hydrogen (secondary N) is 1. The fraction of sp³-hybridized carbons (Fsp3) is 0.421. The van der Waals surface area contributed by atoms with Gasteiger partial charge in [0.2, 0.25) is 5.91 Å². The molecule has 3 rings (SSSR count). The topological polar surface area (TPSA) is 55.1 Å². The minimum Gasteiger partial charge on any atom is -0.356 e. The smallest absolute Gasteiger partial charge is 0.220 e. The molecule has 0 saturated heterocycles. The van der Waals surface area contributed by atoms with Crippen LogP contribution in [0.15, 0.2) is 42.5 Å². The van der Waals surface area contributed by atoms with Gasteiger partial charge in [-0.15, -0.1) is 12.4 Å². The number of hydrogen-bond acceptors (Lipinski definition) is 2. The Morgan fingerprint density at radius 1 is 1.13 bits per heavy atom. The van der Waals surface area contributed by atoms with Gasteiger partial charge in [0.25, 0.3) is 0 Å². The molecule has 2 aromatic carbocycles. The first-order valence-electron chi connectivity index (χ1n) is 8.22. The van der Waals surface area contributed by atoms with Crippen molar-refractivity contribution in [1.29, 1.82) is 0 Å². The Labute approximate surface area is 144 Å². The Morgan fingerprint density at radius 2 is 1.91 bits per heavy atom. The molecule has 1 aliphatic rings. The zero-order chi connectivity index (χ0) is 15.4. The number of rotatable bonds is 5. The summed E-state index contributed by atoms with van der Waals surface area (Å²) < 4.78 is 0. The SMILES string of the molecule is Cl.N[C@@H]1CCC[C@H]1CC(=O)NCCc1ccc2ccccc2c1. The molecule has 124 valence electrons. The Bertz CT molecular complexity index is 659. The molecule has 4 heteroatoms. The fourth-order valence-electron chi connectivity index (χ4n) is 3.37. The van der Waals surface area contributed by atoms with E-state index in [2.05, 4.69) is 47.8 Å². The lowest BCUT2D eigenvalue weighted by molar-refractivity contribution is -0.122. The maximum absolute atomic E-state index is 12.0. The monoisotopic (exact) mass is 332 g/mol. The first-order chi connectivity index (χ1) is 10.7. The molecule has 1 fully saturated rings. The van der Waals surface area contributed by atoms with E-state index in [0.29, 0.717) is 18.9 Å². The van der Waals surface area contributed by atoms with Crippen molar-refractivity contribution in [2.24, 2.45) is 11.7 Å². The first-order valence-corrected chi connectivity index (χ1v) is 8.22. The van der Waals surface area contributed by atoms with E-state index in [-0.39, 0.29) is 24.4 Å². The van der Waals surface area contributed by atoms with Gasteiger partial charge in [0.1, 0.15) is 0 Å². The molecule has 2 aromatic rings. The zero-order valence-corrected chi connectivity index (χ0v) is 14.1. The maximum Gasteiger partial charge on any atom is 0.220 e. The van der Waals surface area contributed by atoms with Crippen molar-refractivity contribution >= 4 is 29.1 Å². The van der Waals surface area contributed by atoms with Crippen molar-refractivity contribution in [3.05, 3.63) is 48.0 Å². The molecule has 0 bridgehead atoms. The lowest BCUT2D eigenvalue weighted by atomic mass is 10.00. The Hall–Kier alpha value is -1.58. The van der Waals surface area contributed by atoms with Crippen molar-refractivity contribution < 1.29 is 4.79 Å². The van der Waals surface area contributed by atoms with E-state index in [0.717, 1.165) is 25.7 Å². The van der Waals surface area contributed by atoms with Crippen LogP contribution in [0.2, 0.25) is 0 Å². The highest BCUT2D eigenvalue weighted by molar-refractivity contribution is 5.85. The minimum atomic E-state index is 0. The number of carbonyl (C=O) groups excluding carboxylic acids is 1. The van der Waals surface area contributed by atoms with Gasteiger partial charge in [-0.25, -0.2) is 0 Å². The summed E-state index contributed by atoms with van der Waals surface area (Å²) in [5.74, 6) is 0.517. The van der Waals surface area contributed by atoms with E-state index in [1.54, 1.807) is 0 Å². The van der Waals surface area contributed by atoms with Crippen molar-refractivity contribution in [3.8, 4) is 0 Å². The van der Waals surface area contributed by atoms with Gasteiger partial charge in [0.15, 0.2) is 0 Å². The van der Waals surface area contributed by atoms with Gasteiger partial charge in [-0.2, -0.15) is 0 Å². The van der Waals surface area contributed by atoms with Crippen LogP contribution in [-0.2, 0) is 11.2 Å². The summed E-state index contributed by atoms with van der Waals surface area (Å²) in [5, 5.41) is 5.54. The molecule has 3 nitrogen and oxygen atoms in total. The van der Waals surface area contributed by atoms with E-state index in [4.69, 9.17) is 5.73 Å². The number of hydrogen-bond donors (Lipinski definition) is 2. The van der Waals surface area contributed by atoms with E-state index in [1.165, 1.54) is 16.3 Å². The van der Waals surface area contributed by atoms with E-state index < -0.39 is 0 Å². The summed E-state index contributed by atoms with van der Waals surface area (Å²) in [4.78, 5) is 12.0. The van der Waals surface area contributed by atoms with Crippen LogP contribution in [0.1, 0.15) is 31.2 Å². The molecule has 1 saturated carbocycles. The second-order valence-electron chi connectivity index (χ2n) is 6.34. The van der Waals surface area contributed by atoms with Gasteiger partial charge >= 0.3 is 0 Å².